The molecule has 2 bridgehead atoms. The van der Waals surface area contributed by atoms with Gasteiger partial charge in [0.2, 0.25) is 0 Å². The molecule has 0 N–H and O–H groups in total. The van der Waals surface area contributed by atoms with Crippen LogP contribution in [0.3, 0.4) is 0 Å². The third-order valence-corrected chi connectivity index (χ3v) is 9.91. The first-order valence-electron chi connectivity index (χ1n) is 13.0. The number of nitrogens with zero attached hydrogens (tertiary/aromatic N) is 5. The highest BCUT2D eigenvalue weighted by Gasteiger charge is 2.51. The molecule has 1 saturated heterocycles. The van der Waals surface area contributed by atoms with Gasteiger partial charge < -0.3 is 4.90 Å². The van der Waals surface area contributed by atoms with Gasteiger partial charge in [-0.25, -0.2) is 9.37 Å². The van der Waals surface area contributed by atoms with Crippen LogP contribution in [0.15, 0.2) is 59.1 Å². The van der Waals surface area contributed by atoms with E-state index < -0.39 is 0 Å². The maximum Gasteiger partial charge on any atom is 0.273 e. The second kappa shape index (κ2) is 10.0. The van der Waals surface area contributed by atoms with Crippen LogP contribution in [0.5, 0.6) is 0 Å². The van der Waals surface area contributed by atoms with Crippen molar-refractivity contribution in [3.8, 4) is 17.1 Å². The zero-order valence-electron chi connectivity index (χ0n) is 22.0. The number of carbonyl (C=O) groups excluding carboxylic acids is 1. The van der Waals surface area contributed by atoms with Crippen molar-refractivity contribution in [1.82, 2.24) is 24.6 Å². The van der Waals surface area contributed by atoms with Gasteiger partial charge in [-0.3, -0.25) is 9.36 Å². The minimum atomic E-state index is -0.387. The Kier molecular flexibility index (Phi) is 6.80. The van der Waals surface area contributed by atoms with Gasteiger partial charge >= 0.3 is 0 Å². The minimum Gasteiger partial charge on any atom is -0.334 e. The average molecular weight is 582 g/mol. The third kappa shape index (κ3) is 5.12. The number of para-hydroxylation sites is 1. The normalized spacial score (nSPS) is 21.9. The van der Waals surface area contributed by atoms with Crippen molar-refractivity contribution in [3.05, 3.63) is 75.5 Å². The van der Waals surface area contributed by atoms with Gasteiger partial charge in [-0.15, -0.1) is 21.5 Å². The Balaban J connectivity index is 1.24. The third-order valence-electron chi connectivity index (χ3n) is 7.61. The van der Waals surface area contributed by atoms with Gasteiger partial charge in [0.1, 0.15) is 16.5 Å². The fourth-order valence-electron chi connectivity index (χ4n) is 6.48. The summed E-state index contributed by atoms with van der Waals surface area (Å²) in [5.74, 6) is 0.563. The quantitative estimate of drug-likeness (QED) is 0.220. The van der Waals surface area contributed by atoms with Crippen LogP contribution in [0.25, 0.3) is 17.1 Å². The molecular weight excluding hydrogens is 553 g/mol. The van der Waals surface area contributed by atoms with Crippen molar-refractivity contribution in [3.63, 3.8) is 0 Å². The highest BCUT2D eigenvalue weighted by atomic mass is 35.5. The highest BCUT2D eigenvalue weighted by Crippen LogP contribution is 2.52. The number of aromatic nitrogens is 4. The number of amides is 1. The van der Waals surface area contributed by atoms with Gasteiger partial charge in [-0.2, -0.15) is 0 Å². The Labute approximate surface area is 240 Å². The summed E-state index contributed by atoms with van der Waals surface area (Å²) in [5, 5.41) is 12.4. The summed E-state index contributed by atoms with van der Waals surface area (Å²) in [4.78, 5) is 20.2. The molecule has 4 aromatic rings. The van der Waals surface area contributed by atoms with E-state index in [1.54, 1.807) is 28.8 Å². The molecule has 2 aromatic carbocycles. The van der Waals surface area contributed by atoms with Gasteiger partial charge in [0.15, 0.2) is 11.0 Å². The minimum absolute atomic E-state index is 0.0180. The summed E-state index contributed by atoms with van der Waals surface area (Å²) in [6, 6.07) is 14.1. The van der Waals surface area contributed by atoms with Crippen LogP contribution in [0.2, 0.25) is 5.02 Å². The van der Waals surface area contributed by atoms with E-state index in [9.17, 15) is 9.18 Å². The smallest absolute Gasteiger partial charge is 0.273 e. The van der Waals surface area contributed by atoms with E-state index in [4.69, 9.17) is 16.6 Å². The molecule has 0 radical (unpaired) electrons. The van der Waals surface area contributed by atoms with Gasteiger partial charge in [-0.1, -0.05) is 68.4 Å². The summed E-state index contributed by atoms with van der Waals surface area (Å²) >= 11 is 9.32. The van der Waals surface area contributed by atoms with Gasteiger partial charge in [0.05, 0.1) is 16.5 Å². The summed E-state index contributed by atoms with van der Waals surface area (Å²) in [6.07, 6.45) is 3.23. The molecule has 2 atom stereocenters. The SMILES string of the molecule is CC1(C)CC2CC(C)(CN2C(=O)c2csc(CSc3nnc(-c4ccccc4Cl)n3-c3ccccc3F)n2)C1. The summed E-state index contributed by atoms with van der Waals surface area (Å²) in [5.41, 5.74) is 1.92. The molecule has 1 aliphatic heterocycles. The fourth-order valence-corrected chi connectivity index (χ4v) is 8.43. The molecule has 1 saturated carbocycles. The van der Waals surface area contributed by atoms with Gasteiger partial charge in [0.25, 0.3) is 5.91 Å². The molecular formula is C29H29ClFN5OS2. The number of hydrogen-bond acceptors (Lipinski definition) is 6. The molecule has 3 heterocycles. The van der Waals surface area contributed by atoms with E-state index in [-0.39, 0.29) is 28.6 Å². The first kappa shape index (κ1) is 26.5. The van der Waals surface area contributed by atoms with Crippen molar-refractivity contribution in [2.45, 2.75) is 57.0 Å². The molecule has 202 valence electrons. The number of hydrogen-bond donors (Lipinski definition) is 0. The second-order valence-corrected chi connectivity index (χ2v) is 13.9. The Morgan fingerprint density at radius 2 is 1.90 bits per heavy atom. The molecule has 1 aliphatic carbocycles. The largest absolute Gasteiger partial charge is 0.334 e. The molecule has 2 aromatic heterocycles. The van der Waals surface area contributed by atoms with Crippen molar-refractivity contribution < 1.29 is 9.18 Å². The zero-order chi connectivity index (χ0) is 27.4. The topological polar surface area (TPSA) is 63.9 Å². The molecule has 6 nitrogen and oxygen atoms in total. The standard InChI is InChI=1S/C29H29ClFN5OS2/c1-28(2)12-18-13-29(3,16-28)17-35(18)26(37)22-14-38-24(32-22)15-39-27-34-33-25(19-8-4-5-9-20(19)30)36(27)23-11-7-6-10-21(23)31/h4-11,14,18H,12-13,15-17H2,1-3H3. The second-order valence-electron chi connectivity index (χ2n) is 11.6. The summed E-state index contributed by atoms with van der Waals surface area (Å²) in [6.45, 7) is 7.71. The summed E-state index contributed by atoms with van der Waals surface area (Å²) < 4.78 is 16.6. The molecule has 2 fully saturated rings. The van der Waals surface area contributed by atoms with Crippen molar-refractivity contribution in [2.24, 2.45) is 10.8 Å². The molecule has 39 heavy (non-hydrogen) atoms. The molecule has 0 spiro atoms. The van der Waals surface area contributed by atoms with Crippen molar-refractivity contribution in [2.75, 3.05) is 6.54 Å². The Morgan fingerprint density at radius 3 is 2.69 bits per heavy atom. The number of likely N-dealkylation sites (tertiary alicyclic amines) is 1. The zero-order valence-corrected chi connectivity index (χ0v) is 24.4. The van der Waals surface area contributed by atoms with E-state index in [1.165, 1.54) is 29.2 Å². The predicted molar refractivity (Wildman–Crippen MR) is 154 cm³/mol. The lowest BCUT2D eigenvalue weighted by atomic mass is 9.65. The van der Waals surface area contributed by atoms with Gasteiger partial charge in [0, 0.05) is 23.5 Å². The van der Waals surface area contributed by atoms with E-state index in [0.717, 1.165) is 30.8 Å². The predicted octanol–water partition coefficient (Wildman–Crippen LogP) is 7.52. The van der Waals surface area contributed by atoms with Crippen LogP contribution < -0.4 is 0 Å². The molecule has 10 heteroatoms. The van der Waals surface area contributed by atoms with Crippen LogP contribution in [0.1, 0.15) is 55.5 Å². The van der Waals surface area contributed by atoms with E-state index in [0.29, 0.717) is 38.7 Å². The molecule has 6 rings (SSSR count). The Morgan fingerprint density at radius 1 is 1.13 bits per heavy atom. The van der Waals surface area contributed by atoms with Crippen molar-refractivity contribution in [1.29, 1.82) is 0 Å². The lowest BCUT2D eigenvalue weighted by molar-refractivity contribution is 0.0703. The Bertz CT molecular complexity index is 1550. The summed E-state index contributed by atoms with van der Waals surface area (Å²) in [7, 11) is 0. The molecule has 2 aliphatic rings. The van der Waals surface area contributed by atoms with Crippen LogP contribution in [-0.2, 0) is 5.75 Å². The monoisotopic (exact) mass is 581 g/mol. The Hall–Kier alpha value is -2.75. The van der Waals surface area contributed by atoms with Crippen LogP contribution in [-0.4, -0.2) is 43.1 Å². The van der Waals surface area contributed by atoms with Crippen LogP contribution in [0.4, 0.5) is 4.39 Å². The number of halogens is 2. The lowest BCUT2D eigenvalue weighted by Gasteiger charge is -2.39. The van der Waals surface area contributed by atoms with E-state index in [2.05, 4.69) is 31.0 Å². The van der Waals surface area contributed by atoms with Gasteiger partial charge in [-0.05, 0) is 54.4 Å². The number of fused-ring (bicyclic) bond motifs is 2. The number of thioether (sulfide) groups is 1. The van der Waals surface area contributed by atoms with E-state index in [1.807, 2.05) is 28.5 Å². The highest BCUT2D eigenvalue weighted by molar-refractivity contribution is 7.98. The maximum atomic E-state index is 14.9. The number of thiazole rings is 1. The van der Waals surface area contributed by atoms with Crippen LogP contribution in [0, 0.1) is 16.6 Å². The number of carbonyl (C=O) groups is 1. The first-order valence-corrected chi connectivity index (χ1v) is 15.2. The van der Waals surface area contributed by atoms with Crippen molar-refractivity contribution >= 4 is 40.6 Å². The molecule has 1 amide bonds. The van der Waals surface area contributed by atoms with Crippen LogP contribution >= 0.6 is 34.7 Å². The molecule has 2 unspecified atom stereocenters. The number of rotatable bonds is 6. The number of benzene rings is 2. The van der Waals surface area contributed by atoms with E-state index >= 15 is 0 Å². The average Bonchev–Trinajstić information content (AvgIpc) is 3.58. The fraction of sp³-hybridized carbons (Fsp3) is 0.379. The maximum absolute atomic E-state index is 14.9. The first-order chi connectivity index (χ1) is 18.6. The lowest BCUT2D eigenvalue weighted by Crippen LogP contribution is -2.37.